The summed E-state index contributed by atoms with van der Waals surface area (Å²) in [5, 5.41) is 12.3. The van der Waals surface area contributed by atoms with E-state index in [-0.39, 0.29) is 17.4 Å². The molecule has 1 atom stereocenters. The van der Waals surface area contributed by atoms with Crippen LogP contribution in [0.5, 0.6) is 0 Å². The Morgan fingerprint density at radius 3 is 2.50 bits per heavy atom. The molecule has 2 aromatic carbocycles. The highest BCUT2D eigenvalue weighted by atomic mass is 16.6. The second kappa shape index (κ2) is 5.64. The second-order valence-corrected chi connectivity index (χ2v) is 5.64. The van der Waals surface area contributed by atoms with Crippen molar-refractivity contribution in [3.63, 3.8) is 0 Å². The van der Waals surface area contributed by atoms with E-state index in [9.17, 15) is 10.1 Å². The smallest absolute Gasteiger partial charge is 0.214 e. The van der Waals surface area contributed by atoms with Crippen molar-refractivity contribution in [3.05, 3.63) is 81.5 Å². The molecule has 0 bridgehead atoms. The number of para-hydroxylation sites is 1. The van der Waals surface area contributed by atoms with Gasteiger partial charge in [0.05, 0.1) is 5.92 Å². The maximum absolute atomic E-state index is 11.2. The number of fused-ring (bicyclic) bond motifs is 1. The van der Waals surface area contributed by atoms with Crippen LogP contribution in [-0.4, -0.2) is 16.0 Å². The Bertz CT molecular complexity index is 836. The van der Waals surface area contributed by atoms with E-state index in [1.807, 2.05) is 73.3 Å². The van der Waals surface area contributed by atoms with Crippen molar-refractivity contribution < 1.29 is 4.92 Å². The first-order valence-corrected chi connectivity index (χ1v) is 7.29. The molecule has 0 radical (unpaired) electrons. The zero-order valence-electron chi connectivity index (χ0n) is 12.7. The molecule has 1 heterocycles. The summed E-state index contributed by atoms with van der Waals surface area (Å²) in [6.07, 6.45) is 2.02. The molecule has 0 aliphatic carbocycles. The molecule has 0 fully saturated rings. The fourth-order valence-corrected chi connectivity index (χ4v) is 3.14. The number of rotatable bonds is 4. The van der Waals surface area contributed by atoms with Gasteiger partial charge in [0.15, 0.2) is 0 Å². The number of hydrogen-bond acceptors (Lipinski definition) is 2. The lowest BCUT2D eigenvalue weighted by Gasteiger charge is -2.15. The summed E-state index contributed by atoms with van der Waals surface area (Å²) in [6, 6.07) is 16.0. The lowest BCUT2D eigenvalue weighted by Crippen LogP contribution is -2.14. The van der Waals surface area contributed by atoms with Gasteiger partial charge in [-0.25, -0.2) is 0 Å². The monoisotopic (exact) mass is 294 g/mol. The van der Waals surface area contributed by atoms with Crippen LogP contribution < -0.4 is 0 Å². The number of nitrogens with zero attached hydrogens (tertiary/aromatic N) is 2. The molecule has 3 rings (SSSR count). The van der Waals surface area contributed by atoms with Gasteiger partial charge in [0.25, 0.3) is 0 Å². The Hall–Kier alpha value is -2.62. The molecule has 0 spiro atoms. The van der Waals surface area contributed by atoms with Gasteiger partial charge in [-0.05, 0) is 29.7 Å². The van der Waals surface area contributed by atoms with Gasteiger partial charge >= 0.3 is 0 Å². The first kappa shape index (κ1) is 14.3. The summed E-state index contributed by atoms with van der Waals surface area (Å²) in [5.74, 6) is -0.234. The molecular weight excluding hydrogens is 276 g/mol. The number of aryl methyl sites for hydroxylation is 2. The predicted octanol–water partition coefficient (Wildman–Crippen LogP) is 3.90. The third-order valence-electron chi connectivity index (χ3n) is 4.20. The van der Waals surface area contributed by atoms with Gasteiger partial charge in [0.1, 0.15) is 0 Å². The lowest BCUT2D eigenvalue weighted by molar-refractivity contribution is -0.481. The topological polar surface area (TPSA) is 48.1 Å². The SMILES string of the molecule is Cc1ccccc1C(C[N+](=O)[O-])c1cn(C)c2ccccc12. The standard InChI is InChI=1S/C18H18N2O2/c1-13-7-3-4-8-14(13)17(12-20(21)22)16-11-19(2)18-10-6-5-9-15(16)18/h3-11,17H,12H2,1-2H3. The third-order valence-corrected chi connectivity index (χ3v) is 4.20. The van der Waals surface area contributed by atoms with E-state index in [0.717, 1.165) is 27.6 Å². The number of hydrogen-bond donors (Lipinski definition) is 0. The van der Waals surface area contributed by atoms with Crippen molar-refractivity contribution in [1.82, 2.24) is 4.57 Å². The second-order valence-electron chi connectivity index (χ2n) is 5.64. The zero-order valence-corrected chi connectivity index (χ0v) is 12.7. The Balaban J connectivity index is 2.21. The molecule has 3 aromatic rings. The molecule has 112 valence electrons. The zero-order chi connectivity index (χ0) is 15.7. The van der Waals surface area contributed by atoms with E-state index in [1.54, 1.807) is 0 Å². The van der Waals surface area contributed by atoms with Gasteiger partial charge < -0.3 is 4.57 Å². The molecule has 1 unspecified atom stereocenters. The Kier molecular flexibility index (Phi) is 3.67. The summed E-state index contributed by atoms with van der Waals surface area (Å²) < 4.78 is 2.04. The fraction of sp³-hybridized carbons (Fsp3) is 0.222. The molecule has 0 aliphatic rings. The minimum absolute atomic E-state index is 0.0984. The van der Waals surface area contributed by atoms with E-state index in [4.69, 9.17) is 0 Å². The van der Waals surface area contributed by atoms with Crippen molar-refractivity contribution in [2.45, 2.75) is 12.8 Å². The average Bonchev–Trinajstić information content (AvgIpc) is 2.83. The molecular formula is C18H18N2O2. The number of aromatic nitrogens is 1. The first-order chi connectivity index (χ1) is 10.6. The van der Waals surface area contributed by atoms with Crippen LogP contribution in [0.15, 0.2) is 54.7 Å². The van der Waals surface area contributed by atoms with Crippen molar-refractivity contribution >= 4 is 10.9 Å². The number of nitro groups is 1. The van der Waals surface area contributed by atoms with Crippen LogP contribution in [0.2, 0.25) is 0 Å². The minimum atomic E-state index is -0.234. The van der Waals surface area contributed by atoms with Gasteiger partial charge in [-0.2, -0.15) is 0 Å². The van der Waals surface area contributed by atoms with E-state index in [2.05, 4.69) is 0 Å². The molecule has 22 heavy (non-hydrogen) atoms. The Morgan fingerprint density at radius 2 is 1.77 bits per heavy atom. The lowest BCUT2D eigenvalue weighted by atomic mass is 9.88. The van der Waals surface area contributed by atoms with Gasteiger partial charge in [0, 0.05) is 29.1 Å². The van der Waals surface area contributed by atoms with Crippen molar-refractivity contribution in [2.24, 2.45) is 7.05 Å². The fourth-order valence-electron chi connectivity index (χ4n) is 3.14. The molecule has 4 nitrogen and oxygen atoms in total. The molecule has 0 saturated heterocycles. The predicted molar refractivity (Wildman–Crippen MR) is 87.8 cm³/mol. The Morgan fingerprint density at radius 1 is 1.09 bits per heavy atom. The summed E-state index contributed by atoms with van der Waals surface area (Å²) in [5.41, 5.74) is 4.22. The number of benzene rings is 2. The van der Waals surface area contributed by atoms with Crippen molar-refractivity contribution in [2.75, 3.05) is 6.54 Å². The third kappa shape index (κ3) is 2.48. The van der Waals surface area contributed by atoms with E-state index >= 15 is 0 Å². The highest BCUT2D eigenvalue weighted by molar-refractivity contribution is 5.85. The average molecular weight is 294 g/mol. The molecule has 0 saturated carbocycles. The molecule has 1 aromatic heterocycles. The molecule has 4 heteroatoms. The maximum atomic E-state index is 11.2. The van der Waals surface area contributed by atoms with E-state index in [1.165, 1.54) is 0 Å². The summed E-state index contributed by atoms with van der Waals surface area (Å²) in [4.78, 5) is 11.0. The van der Waals surface area contributed by atoms with E-state index in [0.29, 0.717) is 0 Å². The van der Waals surface area contributed by atoms with Crippen LogP contribution in [0, 0.1) is 17.0 Å². The van der Waals surface area contributed by atoms with Crippen LogP contribution >= 0.6 is 0 Å². The summed E-state index contributed by atoms with van der Waals surface area (Å²) >= 11 is 0. The van der Waals surface area contributed by atoms with Crippen LogP contribution in [-0.2, 0) is 7.05 Å². The van der Waals surface area contributed by atoms with Crippen molar-refractivity contribution in [1.29, 1.82) is 0 Å². The van der Waals surface area contributed by atoms with Gasteiger partial charge in [-0.1, -0.05) is 42.5 Å². The highest BCUT2D eigenvalue weighted by Crippen LogP contribution is 2.33. The van der Waals surface area contributed by atoms with Gasteiger partial charge in [-0.15, -0.1) is 0 Å². The van der Waals surface area contributed by atoms with Gasteiger partial charge in [-0.3, -0.25) is 10.1 Å². The summed E-state index contributed by atoms with van der Waals surface area (Å²) in [6.45, 7) is 1.91. The summed E-state index contributed by atoms with van der Waals surface area (Å²) in [7, 11) is 1.98. The van der Waals surface area contributed by atoms with Crippen LogP contribution in [0.3, 0.4) is 0 Å². The Labute approximate surface area is 129 Å². The normalized spacial score (nSPS) is 12.5. The van der Waals surface area contributed by atoms with Crippen LogP contribution in [0.4, 0.5) is 0 Å². The molecule has 0 N–H and O–H groups in total. The van der Waals surface area contributed by atoms with Gasteiger partial charge in [0.2, 0.25) is 6.54 Å². The maximum Gasteiger partial charge on any atom is 0.214 e. The minimum Gasteiger partial charge on any atom is -0.350 e. The molecule has 0 aliphatic heterocycles. The molecule has 0 amide bonds. The highest BCUT2D eigenvalue weighted by Gasteiger charge is 2.25. The van der Waals surface area contributed by atoms with Crippen LogP contribution in [0.25, 0.3) is 10.9 Å². The quantitative estimate of drug-likeness (QED) is 0.541. The van der Waals surface area contributed by atoms with Crippen molar-refractivity contribution in [3.8, 4) is 0 Å². The first-order valence-electron chi connectivity index (χ1n) is 7.29. The van der Waals surface area contributed by atoms with E-state index < -0.39 is 0 Å². The van der Waals surface area contributed by atoms with Crippen LogP contribution in [0.1, 0.15) is 22.6 Å². The largest absolute Gasteiger partial charge is 0.350 e.